The number of amides is 1. The lowest BCUT2D eigenvalue weighted by Crippen LogP contribution is -2.47. The molecule has 0 spiro atoms. The summed E-state index contributed by atoms with van der Waals surface area (Å²) in [6.07, 6.45) is 1.35. The molecule has 1 amide bonds. The molecule has 0 aliphatic carbocycles. The summed E-state index contributed by atoms with van der Waals surface area (Å²) in [7, 11) is -3.21. The van der Waals surface area contributed by atoms with E-state index in [2.05, 4.69) is 5.32 Å². The van der Waals surface area contributed by atoms with Gasteiger partial charge in [-0.2, -0.15) is 0 Å². The van der Waals surface area contributed by atoms with E-state index in [4.69, 9.17) is 11.6 Å². The van der Waals surface area contributed by atoms with Crippen LogP contribution in [-0.4, -0.2) is 49.4 Å². The third kappa shape index (κ3) is 4.74. The molecule has 0 bridgehead atoms. The first-order chi connectivity index (χ1) is 8.35. The van der Waals surface area contributed by atoms with Crippen molar-refractivity contribution < 1.29 is 13.2 Å². The number of piperidine rings is 1. The number of rotatable bonds is 5. The molecular formula is C11H21ClN2O3S. The molecule has 1 atom stereocenters. The average Bonchev–Trinajstić information content (AvgIpc) is 2.28. The minimum absolute atomic E-state index is 0.0373. The van der Waals surface area contributed by atoms with Crippen LogP contribution in [-0.2, 0) is 14.8 Å². The first-order valence-electron chi connectivity index (χ1n) is 6.16. The number of halogens is 1. The smallest absolute Gasteiger partial charge is 0.217 e. The van der Waals surface area contributed by atoms with Crippen LogP contribution in [0.15, 0.2) is 0 Å². The second-order valence-electron chi connectivity index (χ2n) is 4.91. The number of carbonyl (C=O) groups is 1. The molecule has 0 saturated carbocycles. The van der Waals surface area contributed by atoms with Crippen LogP contribution in [0.2, 0.25) is 0 Å². The van der Waals surface area contributed by atoms with Gasteiger partial charge in [0.15, 0.2) is 0 Å². The highest BCUT2D eigenvalue weighted by molar-refractivity contribution is 7.89. The number of carbonyl (C=O) groups excluding carboxylic acids is 1. The van der Waals surface area contributed by atoms with Gasteiger partial charge < -0.3 is 5.32 Å². The van der Waals surface area contributed by atoms with Gasteiger partial charge in [-0.3, -0.25) is 4.79 Å². The van der Waals surface area contributed by atoms with E-state index in [0.29, 0.717) is 31.8 Å². The highest BCUT2D eigenvalue weighted by Gasteiger charge is 2.29. The van der Waals surface area contributed by atoms with Gasteiger partial charge >= 0.3 is 0 Å². The summed E-state index contributed by atoms with van der Waals surface area (Å²) in [6, 6.07) is 0.0967. The van der Waals surface area contributed by atoms with Gasteiger partial charge in [0.05, 0.1) is 5.75 Å². The van der Waals surface area contributed by atoms with E-state index >= 15 is 0 Å². The molecule has 18 heavy (non-hydrogen) atoms. The number of alkyl halides is 1. The van der Waals surface area contributed by atoms with Gasteiger partial charge in [-0.25, -0.2) is 12.7 Å². The Balaban J connectivity index is 2.49. The van der Waals surface area contributed by atoms with Crippen molar-refractivity contribution in [2.24, 2.45) is 5.92 Å². The van der Waals surface area contributed by atoms with Crippen molar-refractivity contribution >= 4 is 27.5 Å². The van der Waals surface area contributed by atoms with Crippen molar-refractivity contribution in [3.8, 4) is 0 Å². The molecule has 0 aromatic carbocycles. The third-order valence-corrected chi connectivity index (χ3v) is 5.68. The number of sulfonamides is 1. The van der Waals surface area contributed by atoms with Crippen LogP contribution in [0.4, 0.5) is 0 Å². The Morgan fingerprint density at radius 2 is 2.00 bits per heavy atom. The lowest BCUT2D eigenvalue weighted by molar-refractivity contribution is -0.119. The molecule has 1 unspecified atom stereocenters. The molecule has 1 rings (SSSR count). The Morgan fingerprint density at radius 3 is 2.44 bits per heavy atom. The summed E-state index contributed by atoms with van der Waals surface area (Å²) >= 11 is 5.65. The fourth-order valence-corrected chi connectivity index (χ4v) is 4.13. The van der Waals surface area contributed by atoms with Crippen LogP contribution in [0.25, 0.3) is 0 Å². The normalized spacial score (nSPS) is 20.6. The maximum atomic E-state index is 12.1. The number of nitrogens with zero attached hydrogens (tertiary/aromatic N) is 1. The molecule has 0 radical (unpaired) electrons. The summed E-state index contributed by atoms with van der Waals surface area (Å²) in [6.45, 7) is 4.25. The summed E-state index contributed by atoms with van der Waals surface area (Å²) in [5.74, 6) is 0.347. The van der Waals surface area contributed by atoms with E-state index in [9.17, 15) is 13.2 Å². The molecule has 0 aromatic rings. The van der Waals surface area contributed by atoms with Gasteiger partial charge in [0.2, 0.25) is 15.9 Å². The van der Waals surface area contributed by atoms with Gasteiger partial charge in [-0.05, 0) is 18.8 Å². The quantitative estimate of drug-likeness (QED) is 0.763. The Labute approximate surface area is 114 Å². The largest absolute Gasteiger partial charge is 0.354 e. The Kier molecular flexibility index (Phi) is 5.88. The van der Waals surface area contributed by atoms with Crippen LogP contribution in [0, 0.1) is 5.92 Å². The molecule has 5 nitrogen and oxygen atoms in total. The van der Waals surface area contributed by atoms with E-state index in [1.54, 1.807) is 0 Å². The van der Waals surface area contributed by atoms with Crippen molar-refractivity contribution in [2.45, 2.75) is 32.7 Å². The molecule has 1 saturated heterocycles. The topological polar surface area (TPSA) is 66.5 Å². The Bertz CT molecular complexity index is 378. The van der Waals surface area contributed by atoms with Gasteiger partial charge in [0.25, 0.3) is 0 Å². The second-order valence-corrected chi connectivity index (χ2v) is 7.23. The molecule has 1 fully saturated rings. The molecule has 1 N–H and O–H groups in total. The summed E-state index contributed by atoms with van der Waals surface area (Å²) < 4.78 is 25.6. The summed E-state index contributed by atoms with van der Waals surface area (Å²) in [5, 5.41) is 2.82. The van der Waals surface area contributed by atoms with Gasteiger partial charge in [-0.1, -0.05) is 6.92 Å². The zero-order chi connectivity index (χ0) is 13.8. The standard InChI is InChI=1S/C11H21ClN2O3S/c1-9(7-12)8-18(16,17)14-5-3-11(4-6-14)13-10(2)15/h9,11H,3-8H2,1-2H3,(H,13,15). The average molecular weight is 297 g/mol. The molecular weight excluding hydrogens is 276 g/mol. The van der Waals surface area contributed by atoms with Gasteiger partial charge in [0.1, 0.15) is 0 Å². The molecule has 1 aliphatic rings. The van der Waals surface area contributed by atoms with Gasteiger partial charge in [-0.15, -0.1) is 11.6 Å². The fraction of sp³-hybridized carbons (Fsp3) is 0.909. The fourth-order valence-electron chi connectivity index (χ4n) is 2.08. The minimum Gasteiger partial charge on any atom is -0.354 e. The van der Waals surface area contributed by atoms with Crippen LogP contribution in [0.5, 0.6) is 0 Å². The van der Waals surface area contributed by atoms with E-state index in [1.807, 2.05) is 6.92 Å². The van der Waals surface area contributed by atoms with Crippen LogP contribution >= 0.6 is 11.6 Å². The first kappa shape index (κ1) is 15.7. The zero-order valence-electron chi connectivity index (χ0n) is 10.9. The Morgan fingerprint density at radius 1 is 1.44 bits per heavy atom. The highest BCUT2D eigenvalue weighted by atomic mass is 35.5. The summed E-state index contributed by atoms with van der Waals surface area (Å²) in [4.78, 5) is 10.9. The second kappa shape index (κ2) is 6.73. The lowest BCUT2D eigenvalue weighted by atomic mass is 10.1. The summed E-state index contributed by atoms with van der Waals surface area (Å²) in [5.41, 5.74) is 0. The molecule has 1 aliphatic heterocycles. The van der Waals surface area contributed by atoms with E-state index in [-0.39, 0.29) is 23.6 Å². The first-order valence-corrected chi connectivity index (χ1v) is 8.30. The highest BCUT2D eigenvalue weighted by Crippen LogP contribution is 2.16. The van der Waals surface area contributed by atoms with Gasteiger partial charge in [0, 0.05) is 31.9 Å². The monoisotopic (exact) mass is 296 g/mol. The molecule has 1 heterocycles. The van der Waals surface area contributed by atoms with Crippen molar-refractivity contribution in [2.75, 3.05) is 24.7 Å². The van der Waals surface area contributed by atoms with E-state index in [1.165, 1.54) is 11.2 Å². The Hall–Kier alpha value is -0.330. The predicted molar refractivity (Wildman–Crippen MR) is 72.1 cm³/mol. The van der Waals surface area contributed by atoms with Crippen molar-refractivity contribution in [1.82, 2.24) is 9.62 Å². The zero-order valence-corrected chi connectivity index (χ0v) is 12.4. The molecule has 0 aromatic heterocycles. The number of nitrogens with one attached hydrogen (secondary N) is 1. The third-order valence-electron chi connectivity index (χ3n) is 3.01. The van der Waals surface area contributed by atoms with Crippen LogP contribution in [0.3, 0.4) is 0 Å². The molecule has 7 heteroatoms. The number of hydrogen-bond acceptors (Lipinski definition) is 3. The van der Waals surface area contributed by atoms with Crippen LogP contribution < -0.4 is 5.32 Å². The van der Waals surface area contributed by atoms with Crippen LogP contribution in [0.1, 0.15) is 26.7 Å². The number of hydrogen-bond donors (Lipinski definition) is 1. The van der Waals surface area contributed by atoms with Crippen molar-refractivity contribution in [3.05, 3.63) is 0 Å². The maximum Gasteiger partial charge on any atom is 0.217 e. The van der Waals surface area contributed by atoms with E-state index < -0.39 is 10.0 Å². The predicted octanol–water partition coefficient (Wildman–Crippen LogP) is 0.792. The van der Waals surface area contributed by atoms with Crippen molar-refractivity contribution in [1.29, 1.82) is 0 Å². The maximum absolute atomic E-state index is 12.1. The lowest BCUT2D eigenvalue weighted by Gasteiger charge is -2.31. The molecule has 106 valence electrons. The minimum atomic E-state index is -3.21. The van der Waals surface area contributed by atoms with E-state index in [0.717, 1.165) is 0 Å². The van der Waals surface area contributed by atoms with Crippen molar-refractivity contribution in [3.63, 3.8) is 0 Å². The SMILES string of the molecule is CC(=O)NC1CCN(S(=O)(=O)CC(C)CCl)CC1.